The number of hydrogen-bond acceptors (Lipinski definition) is 8. The Labute approximate surface area is 102 Å². The van der Waals surface area contributed by atoms with Crippen molar-refractivity contribution >= 4 is 23.9 Å². The van der Waals surface area contributed by atoms with Crippen LogP contribution in [0.15, 0.2) is 0 Å². The number of ether oxygens (including phenoxy) is 2. The van der Waals surface area contributed by atoms with Crippen LogP contribution in [-0.2, 0) is 28.7 Å². The predicted octanol–water partition coefficient (Wildman–Crippen LogP) is -2.61. The fourth-order valence-electron chi connectivity index (χ4n) is 0.167. The number of aliphatic carboxylic acids is 2. The number of esters is 2. The van der Waals surface area contributed by atoms with Crippen molar-refractivity contribution in [3.63, 3.8) is 0 Å². The molecular formula is C8H16N2O8. The van der Waals surface area contributed by atoms with Gasteiger partial charge < -0.3 is 31.2 Å². The van der Waals surface area contributed by atoms with Gasteiger partial charge in [0.2, 0.25) is 0 Å². The maximum absolute atomic E-state index is 9.83. The zero-order chi connectivity index (χ0) is 15.1. The molecule has 0 spiro atoms. The van der Waals surface area contributed by atoms with Crippen molar-refractivity contribution in [1.82, 2.24) is 0 Å². The molecule has 0 fully saturated rings. The Kier molecular flexibility index (Phi) is 17.4. The fourth-order valence-corrected chi connectivity index (χ4v) is 0.167. The molecule has 0 aromatic heterocycles. The highest BCUT2D eigenvalue weighted by Crippen LogP contribution is 1.61. The third-order valence-electron chi connectivity index (χ3n) is 0.972. The largest absolute Gasteiger partial charge is 0.473 e. The van der Waals surface area contributed by atoms with Crippen LogP contribution in [0.5, 0.6) is 0 Å². The van der Waals surface area contributed by atoms with E-state index in [1.54, 1.807) is 0 Å². The third kappa shape index (κ3) is 23.5. The van der Waals surface area contributed by atoms with Crippen LogP contribution in [0.3, 0.4) is 0 Å². The van der Waals surface area contributed by atoms with E-state index in [9.17, 15) is 9.59 Å². The Bertz CT molecular complexity index is 238. The van der Waals surface area contributed by atoms with E-state index in [1.165, 1.54) is 14.2 Å². The van der Waals surface area contributed by atoms with Gasteiger partial charge in [0.25, 0.3) is 0 Å². The number of methoxy groups -OCH3 is 2. The van der Waals surface area contributed by atoms with E-state index < -0.39 is 11.9 Å². The molecule has 0 amide bonds. The van der Waals surface area contributed by atoms with Crippen LogP contribution >= 0.6 is 0 Å². The number of carbonyl (C=O) groups excluding carboxylic acids is 2. The average molecular weight is 268 g/mol. The summed E-state index contributed by atoms with van der Waals surface area (Å²) in [5.41, 5.74) is 9.62. The first-order valence-corrected chi connectivity index (χ1v) is 4.26. The van der Waals surface area contributed by atoms with Gasteiger partial charge in [-0.05, 0) is 0 Å². The van der Waals surface area contributed by atoms with E-state index in [0.29, 0.717) is 0 Å². The van der Waals surface area contributed by atoms with Crippen molar-refractivity contribution in [2.45, 2.75) is 0 Å². The van der Waals surface area contributed by atoms with Gasteiger partial charge in [-0.3, -0.25) is 9.59 Å². The summed E-state index contributed by atoms with van der Waals surface area (Å²) in [6, 6.07) is 0. The van der Waals surface area contributed by atoms with Crippen molar-refractivity contribution in [3.05, 3.63) is 0 Å². The molecule has 0 saturated heterocycles. The van der Waals surface area contributed by atoms with Gasteiger partial charge >= 0.3 is 23.9 Å². The quantitative estimate of drug-likeness (QED) is 0.306. The van der Waals surface area contributed by atoms with Crippen molar-refractivity contribution < 1.29 is 38.9 Å². The summed E-state index contributed by atoms with van der Waals surface area (Å²) in [5, 5.41) is 14.8. The maximum atomic E-state index is 9.83. The minimum Gasteiger partial charge on any atom is -0.473 e. The van der Waals surface area contributed by atoms with Gasteiger partial charge in [0.1, 0.15) is 0 Å². The number of nitrogens with two attached hydrogens (primary N) is 2. The topological polar surface area (TPSA) is 179 Å². The highest BCUT2D eigenvalue weighted by atomic mass is 16.5. The molecule has 0 heterocycles. The summed E-state index contributed by atoms with van der Waals surface area (Å²) in [6.07, 6.45) is 0. The summed E-state index contributed by atoms with van der Waals surface area (Å²) >= 11 is 0. The first-order chi connectivity index (χ1) is 8.26. The molecule has 10 heteroatoms. The Hall–Kier alpha value is -2.20. The monoisotopic (exact) mass is 268 g/mol. The molecule has 0 aliphatic carbocycles. The van der Waals surface area contributed by atoms with Gasteiger partial charge in [-0.2, -0.15) is 0 Å². The molecule has 18 heavy (non-hydrogen) atoms. The van der Waals surface area contributed by atoms with Gasteiger partial charge in [-0.15, -0.1) is 0 Å². The maximum Gasteiger partial charge on any atom is 0.414 e. The van der Waals surface area contributed by atoms with E-state index in [0.717, 1.165) is 0 Å². The van der Waals surface area contributed by atoms with Gasteiger partial charge in [0, 0.05) is 0 Å². The zero-order valence-electron chi connectivity index (χ0n) is 9.91. The molecule has 0 aliphatic rings. The van der Waals surface area contributed by atoms with Crippen molar-refractivity contribution in [3.8, 4) is 0 Å². The van der Waals surface area contributed by atoms with Crippen molar-refractivity contribution in [2.24, 2.45) is 11.5 Å². The molecule has 6 N–H and O–H groups in total. The van der Waals surface area contributed by atoms with E-state index in [4.69, 9.17) is 31.3 Å². The number of carbonyl (C=O) groups is 4. The van der Waals surface area contributed by atoms with Gasteiger partial charge in [-0.1, -0.05) is 0 Å². The number of carboxylic acids is 2. The second kappa shape index (κ2) is 14.8. The molecule has 10 nitrogen and oxygen atoms in total. The van der Waals surface area contributed by atoms with Crippen LogP contribution < -0.4 is 11.5 Å². The summed E-state index contributed by atoms with van der Waals surface area (Å²) in [7, 11) is 2.60. The number of hydrogen-bond donors (Lipinski definition) is 4. The lowest BCUT2D eigenvalue weighted by molar-refractivity contribution is -0.159. The second-order valence-electron chi connectivity index (χ2n) is 2.17. The van der Waals surface area contributed by atoms with Crippen molar-refractivity contribution in [2.75, 3.05) is 27.3 Å². The predicted molar refractivity (Wildman–Crippen MR) is 57.4 cm³/mol. The molecule has 0 aromatic rings. The molecule has 0 atom stereocenters. The summed E-state index contributed by atoms with van der Waals surface area (Å²) in [6.45, 7) is -0.0625. The Balaban J connectivity index is -0.000000187. The molecule has 106 valence electrons. The Morgan fingerprint density at radius 2 is 1.06 bits per heavy atom. The van der Waals surface area contributed by atoms with E-state index in [2.05, 4.69) is 9.47 Å². The molecular weight excluding hydrogens is 252 g/mol. The smallest absolute Gasteiger partial charge is 0.414 e. The lowest BCUT2D eigenvalue weighted by Gasteiger charge is -1.87. The standard InChI is InChI=1S/2C3H7NO2.C2H2O4/c2*1-6-3(5)2-4;3-1(4)2(5)6/h2*2,4H2,1H3;(H,3,4)(H,5,6). The molecule has 0 radical (unpaired) electrons. The van der Waals surface area contributed by atoms with Gasteiger partial charge in [0.05, 0.1) is 27.3 Å². The Morgan fingerprint density at radius 3 is 1.06 bits per heavy atom. The average Bonchev–Trinajstić information content (AvgIpc) is 2.37. The third-order valence-corrected chi connectivity index (χ3v) is 0.972. The van der Waals surface area contributed by atoms with Gasteiger partial charge in [-0.25, -0.2) is 9.59 Å². The van der Waals surface area contributed by atoms with E-state index in [-0.39, 0.29) is 25.0 Å². The van der Waals surface area contributed by atoms with E-state index >= 15 is 0 Å². The van der Waals surface area contributed by atoms with Crippen LogP contribution in [0, 0.1) is 0 Å². The lowest BCUT2D eigenvalue weighted by Crippen LogP contribution is -2.14. The molecule has 0 rings (SSSR count). The molecule has 0 aliphatic heterocycles. The molecule has 0 aromatic carbocycles. The van der Waals surface area contributed by atoms with Crippen LogP contribution in [-0.4, -0.2) is 61.4 Å². The van der Waals surface area contributed by atoms with Crippen LogP contribution in [0.25, 0.3) is 0 Å². The van der Waals surface area contributed by atoms with Gasteiger partial charge in [0.15, 0.2) is 0 Å². The summed E-state index contributed by atoms with van der Waals surface area (Å²) in [4.78, 5) is 37.9. The number of rotatable bonds is 2. The highest BCUT2D eigenvalue weighted by Gasteiger charge is 2.04. The van der Waals surface area contributed by atoms with Crippen LogP contribution in [0.4, 0.5) is 0 Å². The normalized spacial score (nSPS) is 7.56. The van der Waals surface area contributed by atoms with E-state index in [1.807, 2.05) is 0 Å². The first-order valence-electron chi connectivity index (χ1n) is 4.26. The lowest BCUT2D eigenvalue weighted by atomic mass is 10.7. The van der Waals surface area contributed by atoms with Crippen LogP contribution in [0.2, 0.25) is 0 Å². The van der Waals surface area contributed by atoms with Crippen molar-refractivity contribution in [1.29, 1.82) is 0 Å². The zero-order valence-corrected chi connectivity index (χ0v) is 9.91. The summed E-state index contributed by atoms with van der Waals surface area (Å²) in [5.74, 6) is -4.41. The Morgan fingerprint density at radius 1 is 0.833 bits per heavy atom. The second-order valence-corrected chi connectivity index (χ2v) is 2.17. The summed E-state index contributed by atoms with van der Waals surface area (Å²) < 4.78 is 8.27. The minimum absolute atomic E-state index is 0.0312. The van der Waals surface area contributed by atoms with Crippen LogP contribution in [0.1, 0.15) is 0 Å². The first kappa shape index (κ1) is 21.1. The fraction of sp³-hybridized carbons (Fsp3) is 0.500. The highest BCUT2D eigenvalue weighted by molar-refractivity contribution is 6.27. The molecule has 0 saturated carbocycles. The SMILES string of the molecule is COC(=O)CN.COC(=O)CN.O=C(O)C(=O)O. The number of carboxylic acid groups (broad SMARTS) is 2. The molecule has 0 unspecified atom stereocenters. The molecule has 0 bridgehead atoms. The minimum atomic E-state index is -1.82.